The topological polar surface area (TPSA) is 91.3 Å². The Bertz CT molecular complexity index is 1040. The third-order valence-electron chi connectivity index (χ3n) is 13.7. The van der Waals surface area contributed by atoms with Gasteiger partial charge in [-0.3, -0.25) is 13.8 Å². The van der Waals surface area contributed by atoms with E-state index in [4.69, 9.17) is 18.5 Å². The molecule has 0 bridgehead atoms. The van der Waals surface area contributed by atoms with Crippen LogP contribution >= 0.6 is 7.82 Å². The van der Waals surface area contributed by atoms with Crippen molar-refractivity contribution < 1.29 is 37.3 Å². The van der Waals surface area contributed by atoms with Crippen LogP contribution in [0.25, 0.3) is 0 Å². The number of carbonyl (C=O) groups is 1. The summed E-state index contributed by atoms with van der Waals surface area (Å²) in [5.74, 6) is -0.302. The molecule has 0 aliphatic carbocycles. The highest BCUT2D eigenvalue weighted by Crippen LogP contribution is 2.43. The van der Waals surface area contributed by atoms with E-state index >= 15 is 0 Å². The predicted molar refractivity (Wildman–Crippen MR) is 289 cm³/mol. The van der Waals surface area contributed by atoms with Gasteiger partial charge in [0.1, 0.15) is 19.3 Å². The Hall–Kier alpha value is -0.500. The number of nitrogens with zero attached hydrogens (tertiary/aromatic N) is 1. The normalized spacial score (nSPS) is 13.3. The summed E-state index contributed by atoms with van der Waals surface area (Å²) in [5, 5.41) is 0. The molecule has 0 fully saturated rings. The van der Waals surface area contributed by atoms with Crippen molar-refractivity contribution in [3.63, 3.8) is 0 Å². The maximum absolute atomic E-state index is 12.8. The van der Waals surface area contributed by atoms with Gasteiger partial charge >= 0.3 is 13.8 Å². The summed E-state index contributed by atoms with van der Waals surface area (Å²) in [6.07, 6.45) is 60.3. The molecule has 8 nitrogen and oxygen atoms in total. The molecule has 0 saturated carbocycles. The summed E-state index contributed by atoms with van der Waals surface area (Å²) in [4.78, 5) is 23.1. The first-order chi connectivity index (χ1) is 32.6. The van der Waals surface area contributed by atoms with Crippen LogP contribution in [0.1, 0.15) is 309 Å². The molecule has 0 aromatic carbocycles. The van der Waals surface area contributed by atoms with Crippen molar-refractivity contribution >= 4 is 13.8 Å². The fraction of sp³-hybridized carbons (Fsp3) is 0.983. The number of phosphoric ester groups is 1. The van der Waals surface area contributed by atoms with Gasteiger partial charge in [-0.1, -0.05) is 290 Å². The van der Waals surface area contributed by atoms with Crippen LogP contribution in [0, 0.1) is 0 Å². The molecule has 9 heteroatoms. The maximum atomic E-state index is 12.8. The SMILES string of the molecule is CCCCCCCCCCCCCCCCCCCCCCCCCCCCCC(=O)O[C@H](COCCCCCCCCCCCCCCCCCCCC)COP(=O)(O)OCC[N+](C)(C)C. The molecule has 67 heavy (non-hydrogen) atoms. The number of quaternary nitrogens is 1. The molecule has 0 aliphatic heterocycles. The number of unbranched alkanes of at least 4 members (excludes halogenated alkanes) is 43. The molecule has 0 spiro atoms. The lowest BCUT2D eigenvalue weighted by Gasteiger charge is -2.24. The first-order valence-corrected chi connectivity index (χ1v) is 31.3. The largest absolute Gasteiger partial charge is 0.472 e. The van der Waals surface area contributed by atoms with Crippen molar-refractivity contribution in [3.05, 3.63) is 0 Å². The molecule has 2 atom stereocenters. The van der Waals surface area contributed by atoms with E-state index in [1.807, 2.05) is 21.1 Å². The van der Waals surface area contributed by atoms with E-state index in [-0.39, 0.29) is 25.8 Å². The van der Waals surface area contributed by atoms with Gasteiger partial charge in [-0.15, -0.1) is 0 Å². The highest BCUT2D eigenvalue weighted by molar-refractivity contribution is 7.47. The Labute approximate surface area is 418 Å². The minimum absolute atomic E-state index is 0.0945. The minimum atomic E-state index is -4.28. The molecule has 0 saturated heterocycles. The molecular weight excluding hydrogens is 854 g/mol. The van der Waals surface area contributed by atoms with Gasteiger partial charge in [0.15, 0.2) is 0 Å². The molecule has 402 valence electrons. The number of likely N-dealkylation sites (N-methyl/N-ethyl adjacent to an activating group) is 1. The second kappa shape index (κ2) is 51.8. The lowest BCUT2D eigenvalue weighted by molar-refractivity contribution is -0.870. The zero-order valence-corrected chi connectivity index (χ0v) is 46.8. The van der Waals surface area contributed by atoms with Crippen molar-refractivity contribution in [3.8, 4) is 0 Å². The molecule has 0 aromatic heterocycles. The first kappa shape index (κ1) is 66.5. The Balaban J connectivity index is 3.96. The van der Waals surface area contributed by atoms with Gasteiger partial charge in [0.25, 0.3) is 0 Å². The van der Waals surface area contributed by atoms with Crippen LogP contribution in [0.3, 0.4) is 0 Å². The summed E-state index contributed by atoms with van der Waals surface area (Å²) >= 11 is 0. The highest BCUT2D eigenvalue weighted by Gasteiger charge is 2.26. The third kappa shape index (κ3) is 56.3. The zero-order chi connectivity index (χ0) is 49.0. The first-order valence-electron chi connectivity index (χ1n) is 29.8. The van der Waals surface area contributed by atoms with Crippen LogP contribution in [-0.4, -0.2) is 75.6 Å². The number of rotatable bonds is 57. The van der Waals surface area contributed by atoms with Gasteiger partial charge in [0.05, 0.1) is 34.4 Å². The van der Waals surface area contributed by atoms with Gasteiger partial charge in [0.2, 0.25) is 0 Å². The molecule has 0 heterocycles. The van der Waals surface area contributed by atoms with E-state index in [0.717, 1.165) is 32.1 Å². The third-order valence-corrected chi connectivity index (χ3v) is 14.7. The van der Waals surface area contributed by atoms with Gasteiger partial charge < -0.3 is 18.9 Å². The molecule has 1 unspecified atom stereocenters. The highest BCUT2D eigenvalue weighted by atomic mass is 31.2. The van der Waals surface area contributed by atoms with Crippen molar-refractivity contribution in [1.82, 2.24) is 0 Å². The minimum Gasteiger partial charge on any atom is -0.457 e. The van der Waals surface area contributed by atoms with E-state index in [1.54, 1.807) is 0 Å². The van der Waals surface area contributed by atoms with E-state index in [9.17, 15) is 14.3 Å². The summed E-state index contributed by atoms with van der Waals surface area (Å²) in [7, 11) is 1.69. The lowest BCUT2D eigenvalue weighted by Crippen LogP contribution is -2.37. The van der Waals surface area contributed by atoms with Crippen LogP contribution < -0.4 is 0 Å². The number of carbonyl (C=O) groups excluding carboxylic acids is 1. The molecule has 0 aromatic rings. The van der Waals surface area contributed by atoms with E-state index in [1.165, 1.54) is 257 Å². The molecule has 0 radical (unpaired) electrons. The molecule has 1 N–H and O–H groups in total. The van der Waals surface area contributed by atoms with Gasteiger partial charge in [-0.25, -0.2) is 4.57 Å². The number of phosphoric acid groups is 1. The smallest absolute Gasteiger partial charge is 0.457 e. The maximum Gasteiger partial charge on any atom is 0.472 e. The van der Waals surface area contributed by atoms with Crippen LogP contribution in [0.4, 0.5) is 0 Å². The summed E-state index contributed by atoms with van der Waals surface area (Å²) in [5.41, 5.74) is 0. The number of esters is 1. The van der Waals surface area contributed by atoms with Crippen LogP contribution in [0.5, 0.6) is 0 Å². The Morgan fingerprint density at radius 2 is 0.687 bits per heavy atom. The fourth-order valence-corrected chi connectivity index (χ4v) is 9.83. The lowest BCUT2D eigenvalue weighted by atomic mass is 10.0. The second-order valence-electron chi connectivity index (χ2n) is 21.8. The Morgan fingerprint density at radius 1 is 0.403 bits per heavy atom. The molecule has 0 rings (SSSR count). The fourth-order valence-electron chi connectivity index (χ4n) is 9.09. The van der Waals surface area contributed by atoms with Gasteiger partial charge in [-0.2, -0.15) is 0 Å². The molecular formula is C58H119NO7P+. The average Bonchev–Trinajstić information content (AvgIpc) is 3.29. The van der Waals surface area contributed by atoms with Crippen molar-refractivity contribution in [2.75, 3.05) is 54.1 Å². The Kier molecular flexibility index (Phi) is 51.5. The Morgan fingerprint density at radius 3 is 0.985 bits per heavy atom. The van der Waals surface area contributed by atoms with Crippen molar-refractivity contribution in [1.29, 1.82) is 0 Å². The standard InChI is InChI=1S/C58H118NO7P/c1-6-8-10-12-14-16-18-20-22-24-26-27-28-29-30-31-32-33-34-35-37-39-41-43-45-47-49-51-58(60)66-57(56-65-67(61,62)64-54-52-59(3,4)5)55-63-53-50-48-46-44-42-40-38-36-25-23-21-19-17-15-13-11-9-7-2/h57H,6-56H2,1-5H3/p+1/t57-/m1/s1. The van der Waals surface area contributed by atoms with Crippen molar-refractivity contribution in [2.45, 2.75) is 315 Å². The van der Waals surface area contributed by atoms with Crippen LogP contribution in [0.2, 0.25) is 0 Å². The number of ether oxygens (including phenoxy) is 2. The predicted octanol–water partition coefficient (Wildman–Crippen LogP) is 18.7. The van der Waals surface area contributed by atoms with Crippen LogP contribution in [0.15, 0.2) is 0 Å². The summed E-state index contributed by atoms with van der Waals surface area (Å²) in [6, 6.07) is 0. The monoisotopic (exact) mass is 973 g/mol. The summed E-state index contributed by atoms with van der Waals surface area (Å²) in [6.45, 7) is 5.72. The van der Waals surface area contributed by atoms with Gasteiger partial charge in [-0.05, 0) is 12.8 Å². The number of hydrogen-bond acceptors (Lipinski definition) is 6. The molecule has 0 amide bonds. The zero-order valence-electron chi connectivity index (χ0n) is 45.9. The van der Waals surface area contributed by atoms with E-state index in [0.29, 0.717) is 24.1 Å². The second-order valence-corrected chi connectivity index (χ2v) is 23.2. The van der Waals surface area contributed by atoms with Gasteiger partial charge in [0, 0.05) is 13.0 Å². The van der Waals surface area contributed by atoms with E-state index in [2.05, 4.69) is 13.8 Å². The average molecular weight is 974 g/mol. The quantitative estimate of drug-likeness (QED) is 0.0281. The van der Waals surface area contributed by atoms with E-state index < -0.39 is 13.9 Å². The van der Waals surface area contributed by atoms with Crippen molar-refractivity contribution in [2.24, 2.45) is 0 Å². The summed E-state index contributed by atoms with van der Waals surface area (Å²) < 4.78 is 35.3. The van der Waals surface area contributed by atoms with Crippen LogP contribution in [-0.2, 0) is 27.9 Å². The molecule has 0 aliphatic rings. The number of hydrogen-bond donors (Lipinski definition) is 1.